The zero-order chi connectivity index (χ0) is 24.3. The molecule has 1 atom stereocenters. The van der Waals surface area contributed by atoms with E-state index < -0.39 is 22.4 Å². The predicted octanol–water partition coefficient (Wildman–Crippen LogP) is 4.85. The van der Waals surface area contributed by atoms with Crippen LogP contribution in [0.1, 0.15) is 28.8 Å². The van der Waals surface area contributed by atoms with Crippen LogP contribution in [-0.4, -0.2) is 60.4 Å². The Bertz CT molecular complexity index is 1050. The van der Waals surface area contributed by atoms with Crippen LogP contribution in [0.25, 0.3) is 0 Å². The molecule has 2 aliphatic rings. The number of anilines is 1. The Labute approximate surface area is 199 Å². The maximum Gasteiger partial charge on any atom is 0.416 e. The van der Waals surface area contributed by atoms with E-state index >= 15 is 0 Å². The molecule has 34 heavy (non-hydrogen) atoms. The summed E-state index contributed by atoms with van der Waals surface area (Å²) in [5, 5.41) is 11.4. The average Bonchev–Trinajstić information content (AvgIpc) is 3.35. The summed E-state index contributed by atoms with van der Waals surface area (Å²) >= 11 is 1.59. The zero-order valence-corrected chi connectivity index (χ0v) is 19.1. The van der Waals surface area contributed by atoms with Gasteiger partial charge in [-0.15, -0.1) is 11.8 Å². The Balaban J connectivity index is 1.43. The molecule has 4 rings (SSSR count). The van der Waals surface area contributed by atoms with Crippen molar-refractivity contribution in [3.63, 3.8) is 0 Å². The van der Waals surface area contributed by atoms with E-state index in [1.54, 1.807) is 27.6 Å². The first-order chi connectivity index (χ1) is 16.2. The molecule has 0 aromatic heterocycles. The van der Waals surface area contributed by atoms with Gasteiger partial charge in [-0.1, -0.05) is 12.1 Å². The third kappa shape index (κ3) is 5.47. The number of alkyl halides is 3. The first kappa shape index (κ1) is 24.3. The molecule has 0 N–H and O–H groups in total. The highest BCUT2D eigenvalue weighted by Gasteiger charge is 2.34. The van der Waals surface area contributed by atoms with Crippen molar-refractivity contribution in [1.82, 2.24) is 4.90 Å². The van der Waals surface area contributed by atoms with Gasteiger partial charge in [-0.05, 0) is 37.1 Å². The SMILES string of the molecule is O=C(c1ccccc1SCC1CCCO1)N1CCN(c2ccc(C(F)(F)F)cc2[N+](=O)[O-])CC1. The molecule has 1 amide bonds. The number of nitrogens with zero attached hydrogens (tertiary/aromatic N) is 3. The molecular weight excluding hydrogens is 471 g/mol. The zero-order valence-electron chi connectivity index (χ0n) is 18.3. The summed E-state index contributed by atoms with van der Waals surface area (Å²) in [5.74, 6) is 0.646. The molecular formula is C23H24F3N3O4S. The normalized spacial score (nSPS) is 18.9. The molecule has 0 spiro atoms. The van der Waals surface area contributed by atoms with E-state index in [4.69, 9.17) is 4.74 Å². The van der Waals surface area contributed by atoms with Gasteiger partial charge in [0, 0.05) is 49.5 Å². The van der Waals surface area contributed by atoms with Gasteiger partial charge in [-0.2, -0.15) is 13.2 Å². The largest absolute Gasteiger partial charge is 0.416 e. The van der Waals surface area contributed by atoms with Gasteiger partial charge in [0.25, 0.3) is 11.6 Å². The Kier molecular flexibility index (Phi) is 7.32. The van der Waals surface area contributed by atoms with E-state index in [2.05, 4.69) is 0 Å². The minimum absolute atomic E-state index is 0.123. The van der Waals surface area contributed by atoms with Crippen LogP contribution in [0.4, 0.5) is 24.5 Å². The fourth-order valence-corrected chi connectivity index (χ4v) is 5.28. The van der Waals surface area contributed by atoms with Crippen LogP contribution in [0, 0.1) is 10.1 Å². The number of benzene rings is 2. The Morgan fingerprint density at radius 1 is 1.15 bits per heavy atom. The van der Waals surface area contributed by atoms with Crippen molar-refractivity contribution in [2.75, 3.05) is 43.4 Å². The van der Waals surface area contributed by atoms with Crippen LogP contribution in [0.5, 0.6) is 0 Å². The second-order valence-electron chi connectivity index (χ2n) is 8.18. The fraction of sp³-hybridized carbons (Fsp3) is 0.435. The first-order valence-corrected chi connectivity index (χ1v) is 12.0. The molecule has 2 heterocycles. The molecule has 2 fully saturated rings. The van der Waals surface area contributed by atoms with Crippen molar-refractivity contribution >= 4 is 29.0 Å². The van der Waals surface area contributed by atoms with E-state index in [1.165, 1.54) is 0 Å². The van der Waals surface area contributed by atoms with Crippen LogP contribution >= 0.6 is 11.8 Å². The third-order valence-electron chi connectivity index (χ3n) is 5.97. The highest BCUT2D eigenvalue weighted by atomic mass is 32.2. The molecule has 11 heteroatoms. The maximum atomic E-state index is 13.2. The molecule has 182 valence electrons. The van der Waals surface area contributed by atoms with Crippen LogP contribution in [0.15, 0.2) is 47.4 Å². The summed E-state index contributed by atoms with van der Waals surface area (Å²) in [4.78, 5) is 28.1. The summed E-state index contributed by atoms with van der Waals surface area (Å²) in [6, 6.07) is 9.94. The molecule has 2 aromatic rings. The highest BCUT2D eigenvalue weighted by molar-refractivity contribution is 7.99. The lowest BCUT2D eigenvalue weighted by molar-refractivity contribution is -0.384. The van der Waals surface area contributed by atoms with E-state index in [-0.39, 0.29) is 30.8 Å². The molecule has 0 radical (unpaired) electrons. The van der Waals surface area contributed by atoms with Crippen LogP contribution in [0.3, 0.4) is 0 Å². The molecule has 0 saturated carbocycles. The minimum Gasteiger partial charge on any atom is -0.377 e. The third-order valence-corrected chi connectivity index (χ3v) is 7.18. The second-order valence-corrected chi connectivity index (χ2v) is 9.24. The van der Waals surface area contributed by atoms with Gasteiger partial charge in [-0.25, -0.2) is 0 Å². The summed E-state index contributed by atoms with van der Waals surface area (Å²) < 4.78 is 44.6. The van der Waals surface area contributed by atoms with Gasteiger partial charge in [0.1, 0.15) is 5.69 Å². The second kappa shape index (κ2) is 10.2. The lowest BCUT2D eigenvalue weighted by atomic mass is 10.1. The number of halogens is 3. The van der Waals surface area contributed by atoms with Gasteiger partial charge >= 0.3 is 6.18 Å². The number of carbonyl (C=O) groups excluding carboxylic acids is 1. The Morgan fingerprint density at radius 3 is 2.53 bits per heavy atom. The monoisotopic (exact) mass is 495 g/mol. The van der Waals surface area contributed by atoms with Gasteiger partial charge < -0.3 is 14.5 Å². The number of hydrogen-bond acceptors (Lipinski definition) is 6. The van der Waals surface area contributed by atoms with Gasteiger partial charge in [-0.3, -0.25) is 14.9 Å². The van der Waals surface area contributed by atoms with Crippen molar-refractivity contribution in [3.05, 3.63) is 63.7 Å². The Hall–Kier alpha value is -2.79. The summed E-state index contributed by atoms with van der Waals surface area (Å²) in [7, 11) is 0. The van der Waals surface area contributed by atoms with Crippen molar-refractivity contribution in [2.24, 2.45) is 0 Å². The lowest BCUT2D eigenvalue weighted by Crippen LogP contribution is -2.49. The fourth-order valence-electron chi connectivity index (χ4n) is 4.16. The Morgan fingerprint density at radius 2 is 1.88 bits per heavy atom. The molecule has 2 aromatic carbocycles. The average molecular weight is 496 g/mol. The molecule has 0 bridgehead atoms. The summed E-state index contributed by atoms with van der Waals surface area (Å²) in [6.07, 6.45) is -2.41. The predicted molar refractivity (Wildman–Crippen MR) is 122 cm³/mol. The van der Waals surface area contributed by atoms with Gasteiger partial charge in [0.15, 0.2) is 0 Å². The van der Waals surface area contributed by atoms with Crippen LogP contribution in [-0.2, 0) is 10.9 Å². The van der Waals surface area contributed by atoms with Crippen LogP contribution < -0.4 is 4.90 Å². The van der Waals surface area contributed by atoms with Crippen LogP contribution in [0.2, 0.25) is 0 Å². The number of hydrogen-bond donors (Lipinski definition) is 0. The molecule has 2 saturated heterocycles. The number of carbonyl (C=O) groups is 1. The van der Waals surface area contributed by atoms with Crippen molar-refractivity contribution in [3.8, 4) is 0 Å². The first-order valence-electron chi connectivity index (χ1n) is 11.0. The topological polar surface area (TPSA) is 75.9 Å². The number of thioether (sulfide) groups is 1. The number of nitro benzene ring substituents is 1. The maximum absolute atomic E-state index is 13.2. The van der Waals surface area contributed by atoms with Crippen molar-refractivity contribution in [2.45, 2.75) is 30.0 Å². The molecule has 7 nitrogen and oxygen atoms in total. The summed E-state index contributed by atoms with van der Waals surface area (Å²) in [6.45, 7) is 1.95. The molecule has 1 unspecified atom stereocenters. The van der Waals surface area contributed by atoms with Gasteiger partial charge in [0.05, 0.1) is 22.2 Å². The standard InChI is InChI=1S/C23H24F3N3O4S/c24-23(25,26)16-7-8-19(20(14-16)29(31)32)27-9-11-28(12-10-27)22(30)18-5-1-2-6-21(18)34-15-17-4-3-13-33-17/h1-2,5-8,14,17H,3-4,9-13,15H2. The van der Waals surface area contributed by atoms with E-state index in [9.17, 15) is 28.1 Å². The van der Waals surface area contributed by atoms with E-state index in [1.807, 2.05) is 18.2 Å². The van der Waals surface area contributed by atoms with E-state index in [0.717, 1.165) is 42.2 Å². The molecule has 2 aliphatic heterocycles. The van der Waals surface area contributed by atoms with Crippen molar-refractivity contribution < 1.29 is 27.6 Å². The quantitative estimate of drug-likeness (QED) is 0.324. The summed E-state index contributed by atoms with van der Waals surface area (Å²) in [5.41, 5.74) is -0.934. The number of amides is 1. The smallest absolute Gasteiger partial charge is 0.377 e. The highest BCUT2D eigenvalue weighted by Crippen LogP contribution is 2.37. The lowest BCUT2D eigenvalue weighted by Gasteiger charge is -2.36. The number of rotatable bonds is 6. The number of piperazine rings is 1. The number of nitro groups is 1. The van der Waals surface area contributed by atoms with E-state index in [0.29, 0.717) is 24.7 Å². The molecule has 0 aliphatic carbocycles. The minimum atomic E-state index is -4.66. The van der Waals surface area contributed by atoms with Crippen molar-refractivity contribution in [1.29, 1.82) is 0 Å². The number of ether oxygens (including phenoxy) is 1. The van der Waals surface area contributed by atoms with Gasteiger partial charge in [0.2, 0.25) is 0 Å².